The van der Waals surface area contributed by atoms with Gasteiger partial charge in [-0.05, 0) is 36.1 Å². The van der Waals surface area contributed by atoms with Crippen LogP contribution >= 0.6 is 0 Å². The maximum atomic E-state index is 11.9. The van der Waals surface area contributed by atoms with Gasteiger partial charge in [-0.2, -0.15) is 0 Å². The molecule has 2 heterocycles. The van der Waals surface area contributed by atoms with Crippen LogP contribution in [-0.4, -0.2) is 50.3 Å². The molecule has 1 aliphatic heterocycles. The molecule has 0 N–H and O–H groups in total. The molecule has 0 spiro atoms. The van der Waals surface area contributed by atoms with Crippen LogP contribution in [0.3, 0.4) is 0 Å². The molecule has 6 nitrogen and oxygen atoms in total. The van der Waals surface area contributed by atoms with Crippen LogP contribution in [0.4, 0.5) is 11.6 Å². The van der Waals surface area contributed by atoms with Crippen molar-refractivity contribution in [3.63, 3.8) is 0 Å². The fourth-order valence-electron chi connectivity index (χ4n) is 3.60. The Morgan fingerprint density at radius 2 is 1.86 bits per heavy atom. The average Bonchev–Trinajstić information content (AvgIpc) is 2.67. The molecule has 1 fully saturated rings. The summed E-state index contributed by atoms with van der Waals surface area (Å²) in [5.41, 5.74) is 2.00. The second-order valence-corrected chi connectivity index (χ2v) is 10.2. The SMILES string of the molecule is CC(C)c1ccnc(N2CCN(c3cccc(S(C)(=O)=O)c3)C[C@H]2C(C)C)n1. The normalized spacial score (nSPS) is 18.2. The topological polar surface area (TPSA) is 66.4 Å². The van der Waals surface area contributed by atoms with Crippen molar-refractivity contribution in [2.45, 2.75) is 44.6 Å². The van der Waals surface area contributed by atoms with E-state index in [1.807, 2.05) is 24.4 Å². The number of hydrogen-bond acceptors (Lipinski definition) is 6. The Morgan fingerprint density at radius 3 is 2.50 bits per heavy atom. The summed E-state index contributed by atoms with van der Waals surface area (Å²) in [6, 6.07) is 9.46. The van der Waals surface area contributed by atoms with Crippen LogP contribution in [0, 0.1) is 5.92 Å². The van der Waals surface area contributed by atoms with Crippen LogP contribution in [0.2, 0.25) is 0 Å². The number of anilines is 2. The van der Waals surface area contributed by atoms with Crippen LogP contribution in [0.5, 0.6) is 0 Å². The molecule has 0 saturated carbocycles. The molecule has 0 radical (unpaired) electrons. The standard InChI is InChI=1S/C21H30N4O2S/c1-15(2)19-9-10-22-21(23-19)25-12-11-24(14-20(25)16(3)4)17-7-6-8-18(13-17)28(5,26)27/h6-10,13,15-16,20H,11-12,14H2,1-5H3/t20-/m0/s1. The first-order valence-corrected chi connectivity index (χ1v) is 11.7. The lowest BCUT2D eigenvalue weighted by atomic mass is 9.99. The van der Waals surface area contributed by atoms with E-state index in [9.17, 15) is 8.42 Å². The van der Waals surface area contributed by atoms with Gasteiger partial charge in [0.05, 0.1) is 10.9 Å². The van der Waals surface area contributed by atoms with Crippen LogP contribution in [-0.2, 0) is 9.84 Å². The van der Waals surface area contributed by atoms with E-state index in [0.29, 0.717) is 16.7 Å². The summed E-state index contributed by atoms with van der Waals surface area (Å²) in [7, 11) is -3.22. The molecule has 1 aliphatic rings. The van der Waals surface area contributed by atoms with E-state index >= 15 is 0 Å². The summed E-state index contributed by atoms with van der Waals surface area (Å²) in [6.07, 6.45) is 3.09. The second-order valence-electron chi connectivity index (χ2n) is 8.16. The molecule has 1 saturated heterocycles. The van der Waals surface area contributed by atoms with Gasteiger partial charge in [0.2, 0.25) is 5.95 Å². The first-order chi connectivity index (χ1) is 13.2. The van der Waals surface area contributed by atoms with Gasteiger partial charge in [-0.25, -0.2) is 18.4 Å². The van der Waals surface area contributed by atoms with E-state index in [-0.39, 0.29) is 6.04 Å². The lowest BCUT2D eigenvalue weighted by molar-refractivity contribution is 0.413. The van der Waals surface area contributed by atoms with Gasteiger partial charge in [-0.1, -0.05) is 33.8 Å². The number of aromatic nitrogens is 2. The van der Waals surface area contributed by atoms with Crippen LogP contribution in [0.15, 0.2) is 41.4 Å². The predicted molar refractivity (Wildman–Crippen MR) is 114 cm³/mol. The van der Waals surface area contributed by atoms with Crippen molar-refractivity contribution in [2.24, 2.45) is 5.92 Å². The Kier molecular flexibility index (Phi) is 5.93. The third-order valence-electron chi connectivity index (χ3n) is 5.31. The zero-order chi connectivity index (χ0) is 20.5. The molecule has 3 rings (SSSR count). The summed E-state index contributed by atoms with van der Waals surface area (Å²) in [5, 5.41) is 0. The molecule has 1 atom stereocenters. The molecule has 28 heavy (non-hydrogen) atoms. The van der Waals surface area contributed by atoms with Gasteiger partial charge < -0.3 is 9.80 Å². The fourth-order valence-corrected chi connectivity index (χ4v) is 4.26. The second kappa shape index (κ2) is 8.07. The van der Waals surface area contributed by atoms with Crippen molar-refractivity contribution in [3.05, 3.63) is 42.2 Å². The molecular formula is C21H30N4O2S. The minimum absolute atomic E-state index is 0.248. The monoisotopic (exact) mass is 402 g/mol. The number of nitrogens with zero attached hydrogens (tertiary/aromatic N) is 4. The first kappa shape index (κ1) is 20.6. The lowest BCUT2D eigenvalue weighted by Crippen LogP contribution is -2.56. The quantitative estimate of drug-likeness (QED) is 0.764. The average molecular weight is 403 g/mol. The van der Waals surface area contributed by atoms with Gasteiger partial charge in [0, 0.05) is 43.5 Å². The number of hydrogen-bond donors (Lipinski definition) is 0. The van der Waals surface area contributed by atoms with Gasteiger partial charge in [-0.15, -0.1) is 0 Å². The zero-order valence-corrected chi connectivity index (χ0v) is 18.1. The molecule has 1 aromatic heterocycles. The Bertz CT molecular complexity index is 928. The van der Waals surface area contributed by atoms with Gasteiger partial charge in [-0.3, -0.25) is 0 Å². The Labute approximate surface area is 168 Å². The highest BCUT2D eigenvalue weighted by Crippen LogP contribution is 2.27. The molecule has 2 aromatic rings. The maximum Gasteiger partial charge on any atom is 0.225 e. The minimum atomic E-state index is -3.22. The Hall–Kier alpha value is -2.15. The van der Waals surface area contributed by atoms with Crippen molar-refractivity contribution in [1.82, 2.24) is 9.97 Å². The largest absolute Gasteiger partial charge is 0.368 e. The van der Waals surface area contributed by atoms with Crippen molar-refractivity contribution in [1.29, 1.82) is 0 Å². The Morgan fingerprint density at radius 1 is 1.11 bits per heavy atom. The lowest BCUT2D eigenvalue weighted by Gasteiger charge is -2.44. The summed E-state index contributed by atoms with van der Waals surface area (Å²) in [5.74, 6) is 1.56. The van der Waals surface area contributed by atoms with E-state index in [0.717, 1.165) is 37.0 Å². The van der Waals surface area contributed by atoms with E-state index in [2.05, 4.69) is 42.5 Å². The molecule has 152 valence electrons. The molecule has 0 unspecified atom stereocenters. The summed E-state index contributed by atoms with van der Waals surface area (Å²) >= 11 is 0. The van der Waals surface area contributed by atoms with E-state index in [1.165, 1.54) is 6.26 Å². The van der Waals surface area contributed by atoms with Crippen molar-refractivity contribution in [3.8, 4) is 0 Å². The van der Waals surface area contributed by atoms with Crippen molar-refractivity contribution in [2.75, 3.05) is 35.7 Å². The van der Waals surface area contributed by atoms with Gasteiger partial charge in [0.25, 0.3) is 0 Å². The Balaban J connectivity index is 1.87. The molecular weight excluding hydrogens is 372 g/mol. The highest BCUT2D eigenvalue weighted by Gasteiger charge is 2.31. The van der Waals surface area contributed by atoms with Gasteiger partial charge in [0.1, 0.15) is 0 Å². The smallest absolute Gasteiger partial charge is 0.225 e. The number of sulfone groups is 1. The zero-order valence-electron chi connectivity index (χ0n) is 17.3. The van der Waals surface area contributed by atoms with E-state index < -0.39 is 9.84 Å². The highest BCUT2D eigenvalue weighted by atomic mass is 32.2. The number of piperazine rings is 1. The fraction of sp³-hybridized carbons (Fsp3) is 0.524. The third-order valence-corrected chi connectivity index (χ3v) is 6.42. The summed E-state index contributed by atoms with van der Waals surface area (Å²) in [4.78, 5) is 14.3. The number of benzene rings is 1. The third kappa shape index (κ3) is 4.46. The molecule has 0 aliphatic carbocycles. The first-order valence-electron chi connectivity index (χ1n) is 9.81. The summed E-state index contributed by atoms with van der Waals surface area (Å²) in [6.45, 7) is 11.1. The maximum absolute atomic E-state index is 11.9. The van der Waals surface area contributed by atoms with Gasteiger partial charge >= 0.3 is 0 Å². The summed E-state index contributed by atoms with van der Waals surface area (Å²) < 4.78 is 23.8. The van der Waals surface area contributed by atoms with E-state index in [4.69, 9.17) is 4.98 Å². The molecule has 1 aromatic carbocycles. The number of rotatable bonds is 5. The highest BCUT2D eigenvalue weighted by molar-refractivity contribution is 7.90. The van der Waals surface area contributed by atoms with Crippen LogP contribution in [0.25, 0.3) is 0 Å². The van der Waals surface area contributed by atoms with Crippen molar-refractivity contribution < 1.29 is 8.42 Å². The molecule has 0 amide bonds. The van der Waals surface area contributed by atoms with Crippen LogP contribution in [0.1, 0.15) is 39.3 Å². The van der Waals surface area contributed by atoms with Crippen molar-refractivity contribution >= 4 is 21.5 Å². The van der Waals surface area contributed by atoms with E-state index in [1.54, 1.807) is 12.1 Å². The molecule has 0 bridgehead atoms. The minimum Gasteiger partial charge on any atom is -0.368 e. The molecule has 7 heteroatoms. The van der Waals surface area contributed by atoms with Crippen LogP contribution < -0.4 is 9.80 Å². The van der Waals surface area contributed by atoms with Gasteiger partial charge in [0.15, 0.2) is 9.84 Å². The predicted octanol–water partition coefficient (Wildman–Crippen LogP) is 3.35.